The van der Waals surface area contributed by atoms with Gasteiger partial charge in [-0.3, -0.25) is 0 Å². The van der Waals surface area contributed by atoms with Crippen LogP contribution in [-0.2, 0) is 12.6 Å². The van der Waals surface area contributed by atoms with Gasteiger partial charge in [-0.25, -0.2) is 4.98 Å². The number of aryl methyl sites for hydroxylation is 1. The molecule has 0 aliphatic rings. The predicted octanol–water partition coefficient (Wildman–Crippen LogP) is 6.72. The van der Waals surface area contributed by atoms with Crippen LogP contribution < -0.4 is 15.4 Å². The Morgan fingerprint density at radius 3 is 2.42 bits per heavy atom. The Bertz CT molecular complexity index is 991. The predicted molar refractivity (Wildman–Crippen MR) is 116 cm³/mol. The lowest BCUT2D eigenvalue weighted by molar-refractivity contribution is -0.137. The fraction of sp³-hybridized carbons (Fsp3) is 0.304. The number of aromatic nitrogens is 2. The summed E-state index contributed by atoms with van der Waals surface area (Å²) in [6, 6.07) is 14.3. The van der Waals surface area contributed by atoms with Crippen molar-refractivity contribution in [3.63, 3.8) is 0 Å². The zero-order chi connectivity index (χ0) is 22.3. The van der Waals surface area contributed by atoms with Crippen molar-refractivity contribution in [3.05, 3.63) is 65.9 Å². The van der Waals surface area contributed by atoms with Crippen molar-refractivity contribution in [2.45, 2.75) is 39.3 Å². The molecule has 0 aliphatic carbocycles. The number of halogens is 3. The molecule has 1 heterocycles. The van der Waals surface area contributed by atoms with Gasteiger partial charge in [-0.2, -0.15) is 18.2 Å². The van der Waals surface area contributed by atoms with Crippen molar-refractivity contribution in [1.82, 2.24) is 9.97 Å². The van der Waals surface area contributed by atoms with E-state index in [1.165, 1.54) is 0 Å². The third kappa shape index (κ3) is 6.34. The van der Waals surface area contributed by atoms with Crippen LogP contribution in [0.25, 0.3) is 0 Å². The quantitative estimate of drug-likeness (QED) is 0.369. The van der Waals surface area contributed by atoms with Crippen LogP contribution in [0.4, 0.5) is 36.3 Å². The maximum Gasteiger partial charge on any atom is 0.421 e. The number of benzene rings is 2. The third-order valence-corrected chi connectivity index (χ3v) is 4.57. The average Bonchev–Trinajstić information content (AvgIpc) is 2.75. The van der Waals surface area contributed by atoms with Gasteiger partial charge >= 0.3 is 6.18 Å². The molecule has 31 heavy (non-hydrogen) atoms. The molecule has 3 rings (SSSR count). The van der Waals surface area contributed by atoms with Gasteiger partial charge in [0.15, 0.2) is 0 Å². The second kappa shape index (κ2) is 10.1. The zero-order valence-electron chi connectivity index (χ0n) is 17.5. The molecular formula is C23H25F3N4O. The fourth-order valence-corrected chi connectivity index (χ4v) is 2.85. The van der Waals surface area contributed by atoms with Gasteiger partial charge in [0.2, 0.25) is 5.95 Å². The molecule has 0 bridgehead atoms. The summed E-state index contributed by atoms with van der Waals surface area (Å²) in [7, 11) is 0. The summed E-state index contributed by atoms with van der Waals surface area (Å²) >= 11 is 0. The molecule has 0 amide bonds. The van der Waals surface area contributed by atoms with Gasteiger partial charge in [0.05, 0.1) is 6.61 Å². The number of nitrogens with one attached hydrogen (secondary N) is 2. The Hall–Kier alpha value is -3.29. The van der Waals surface area contributed by atoms with Crippen LogP contribution in [0.15, 0.2) is 54.7 Å². The van der Waals surface area contributed by atoms with E-state index in [0.29, 0.717) is 18.0 Å². The fourth-order valence-electron chi connectivity index (χ4n) is 2.85. The molecule has 3 aromatic rings. The second-order valence-electron chi connectivity index (χ2n) is 6.98. The monoisotopic (exact) mass is 430 g/mol. The second-order valence-corrected chi connectivity index (χ2v) is 6.98. The van der Waals surface area contributed by atoms with Crippen molar-refractivity contribution in [3.8, 4) is 5.75 Å². The minimum atomic E-state index is -4.58. The number of rotatable bonds is 9. The van der Waals surface area contributed by atoms with E-state index < -0.39 is 11.7 Å². The Labute approximate surface area is 179 Å². The first kappa shape index (κ1) is 22.4. The van der Waals surface area contributed by atoms with E-state index in [1.54, 1.807) is 42.5 Å². The average molecular weight is 430 g/mol. The molecule has 2 N–H and O–H groups in total. The van der Waals surface area contributed by atoms with Gasteiger partial charge in [-0.05, 0) is 54.8 Å². The highest BCUT2D eigenvalue weighted by molar-refractivity contribution is 5.63. The van der Waals surface area contributed by atoms with Crippen LogP contribution in [0.3, 0.4) is 0 Å². The lowest BCUT2D eigenvalue weighted by Gasteiger charge is -2.15. The van der Waals surface area contributed by atoms with Crippen LogP contribution in [-0.4, -0.2) is 16.6 Å². The van der Waals surface area contributed by atoms with Gasteiger partial charge in [0.25, 0.3) is 0 Å². The SMILES string of the molecule is CCCCOc1ccc(Nc2ncc(C(F)(F)F)c(Nc3cccc(CC)c3)n2)cc1. The number of anilines is 4. The molecule has 0 saturated carbocycles. The van der Waals surface area contributed by atoms with E-state index in [-0.39, 0.29) is 11.8 Å². The lowest BCUT2D eigenvalue weighted by Crippen LogP contribution is -2.12. The third-order valence-electron chi connectivity index (χ3n) is 4.57. The van der Waals surface area contributed by atoms with Gasteiger partial charge in [-0.15, -0.1) is 0 Å². The molecular weight excluding hydrogens is 405 g/mol. The van der Waals surface area contributed by atoms with Crippen LogP contribution in [0.5, 0.6) is 5.75 Å². The Balaban J connectivity index is 1.81. The number of unbranched alkanes of at least 4 members (excludes halogenated alkanes) is 1. The molecule has 0 radical (unpaired) electrons. The van der Waals surface area contributed by atoms with Gasteiger partial charge < -0.3 is 15.4 Å². The van der Waals surface area contributed by atoms with E-state index in [4.69, 9.17) is 4.74 Å². The molecule has 0 fully saturated rings. The van der Waals surface area contributed by atoms with Crippen molar-refractivity contribution in [2.75, 3.05) is 17.2 Å². The van der Waals surface area contributed by atoms with Crippen molar-refractivity contribution in [2.24, 2.45) is 0 Å². The molecule has 0 unspecified atom stereocenters. The summed E-state index contributed by atoms with van der Waals surface area (Å²) < 4.78 is 46.0. The van der Waals surface area contributed by atoms with Crippen molar-refractivity contribution >= 4 is 23.1 Å². The summed E-state index contributed by atoms with van der Waals surface area (Å²) in [5.74, 6) is 0.477. The number of ether oxygens (including phenoxy) is 1. The number of nitrogens with zero attached hydrogens (tertiary/aromatic N) is 2. The molecule has 0 atom stereocenters. The summed E-state index contributed by atoms with van der Waals surface area (Å²) in [6.45, 7) is 4.71. The maximum absolute atomic E-state index is 13.5. The Kier molecular flexibility index (Phi) is 7.33. The largest absolute Gasteiger partial charge is 0.494 e. The summed E-state index contributed by atoms with van der Waals surface area (Å²) in [4.78, 5) is 7.93. The zero-order valence-corrected chi connectivity index (χ0v) is 17.5. The van der Waals surface area contributed by atoms with Crippen LogP contribution in [0, 0.1) is 0 Å². The molecule has 2 aromatic carbocycles. The minimum Gasteiger partial charge on any atom is -0.494 e. The standard InChI is InChI=1S/C23H25F3N4O/c1-3-5-13-31-19-11-9-17(10-12-19)29-22-27-15-20(23(24,25)26)21(30-22)28-18-8-6-7-16(4-2)14-18/h6-12,14-15H,3-5,13H2,1-2H3,(H2,27,28,29,30). The lowest BCUT2D eigenvalue weighted by atomic mass is 10.1. The first-order valence-corrected chi connectivity index (χ1v) is 10.2. The van der Waals surface area contributed by atoms with E-state index >= 15 is 0 Å². The van der Waals surface area contributed by atoms with E-state index in [9.17, 15) is 13.2 Å². The molecule has 0 aliphatic heterocycles. The molecule has 164 valence electrons. The summed E-state index contributed by atoms with van der Waals surface area (Å²) in [5.41, 5.74) is 1.25. The first-order chi connectivity index (χ1) is 14.9. The smallest absolute Gasteiger partial charge is 0.421 e. The topological polar surface area (TPSA) is 59.1 Å². The summed E-state index contributed by atoms with van der Waals surface area (Å²) in [6.07, 6.45) is -1.01. The highest BCUT2D eigenvalue weighted by Crippen LogP contribution is 2.35. The van der Waals surface area contributed by atoms with E-state index in [1.807, 2.05) is 13.0 Å². The van der Waals surface area contributed by atoms with E-state index in [0.717, 1.165) is 36.8 Å². The number of hydrogen-bond donors (Lipinski definition) is 2. The normalized spacial score (nSPS) is 11.3. The highest BCUT2D eigenvalue weighted by atomic mass is 19.4. The van der Waals surface area contributed by atoms with Gasteiger partial charge in [0, 0.05) is 17.6 Å². The number of hydrogen-bond acceptors (Lipinski definition) is 5. The Morgan fingerprint density at radius 2 is 1.74 bits per heavy atom. The van der Waals surface area contributed by atoms with Crippen molar-refractivity contribution < 1.29 is 17.9 Å². The molecule has 8 heteroatoms. The summed E-state index contributed by atoms with van der Waals surface area (Å²) in [5, 5.41) is 5.73. The molecule has 0 saturated heterocycles. The highest BCUT2D eigenvalue weighted by Gasteiger charge is 2.35. The molecule has 1 aromatic heterocycles. The maximum atomic E-state index is 13.5. The van der Waals surface area contributed by atoms with E-state index in [2.05, 4.69) is 27.5 Å². The first-order valence-electron chi connectivity index (χ1n) is 10.2. The van der Waals surface area contributed by atoms with Crippen LogP contribution in [0.2, 0.25) is 0 Å². The number of alkyl halides is 3. The van der Waals surface area contributed by atoms with Gasteiger partial charge in [-0.1, -0.05) is 32.4 Å². The Morgan fingerprint density at radius 1 is 0.968 bits per heavy atom. The van der Waals surface area contributed by atoms with Crippen molar-refractivity contribution in [1.29, 1.82) is 0 Å². The van der Waals surface area contributed by atoms with Crippen LogP contribution >= 0.6 is 0 Å². The molecule has 0 spiro atoms. The van der Waals surface area contributed by atoms with Crippen LogP contribution in [0.1, 0.15) is 37.8 Å². The van der Waals surface area contributed by atoms with Gasteiger partial charge in [0.1, 0.15) is 17.1 Å². The molecule has 5 nitrogen and oxygen atoms in total. The minimum absolute atomic E-state index is 0.0572.